The molecule has 0 amide bonds. The fourth-order valence-electron chi connectivity index (χ4n) is 2.77. The van der Waals surface area contributed by atoms with Crippen LogP contribution in [-0.2, 0) is 0 Å². The fraction of sp³-hybridized carbons (Fsp3) is 0.562. The first-order valence-corrected chi connectivity index (χ1v) is 7.61. The summed E-state index contributed by atoms with van der Waals surface area (Å²) in [5.41, 5.74) is 0.255. The van der Waals surface area contributed by atoms with Crippen molar-refractivity contribution in [2.24, 2.45) is 0 Å². The number of carbonyl (C=O) groups is 1. The van der Waals surface area contributed by atoms with Crippen LogP contribution in [0.4, 0.5) is 0 Å². The van der Waals surface area contributed by atoms with Crippen LogP contribution < -0.4 is 10.1 Å². The molecule has 116 valence electrons. The minimum absolute atomic E-state index is 0.255. The van der Waals surface area contributed by atoms with Crippen LogP contribution in [0.3, 0.4) is 0 Å². The third-order valence-electron chi connectivity index (χ3n) is 3.91. The zero-order valence-corrected chi connectivity index (χ0v) is 12.5. The lowest BCUT2D eigenvalue weighted by Gasteiger charge is -2.22. The van der Waals surface area contributed by atoms with Gasteiger partial charge in [0.25, 0.3) is 0 Å². The normalized spacial score (nSPS) is 18.8. The van der Waals surface area contributed by atoms with E-state index >= 15 is 0 Å². The predicted octanol–water partition coefficient (Wildman–Crippen LogP) is 1.84. The summed E-state index contributed by atoms with van der Waals surface area (Å²) in [4.78, 5) is 13.4. The lowest BCUT2D eigenvalue weighted by Crippen LogP contribution is -2.38. The van der Waals surface area contributed by atoms with Crippen LogP contribution in [0.15, 0.2) is 24.3 Å². The number of carboxylic acids is 1. The van der Waals surface area contributed by atoms with Gasteiger partial charge < -0.3 is 15.2 Å². The Hall–Kier alpha value is -1.59. The standard InChI is InChI=1S/C16H24N2O3/c1-2-18-9-4-6-14(18)12-17-8-10-21-15-7-3-5-13(11-15)16(19)20/h3,5,7,11,14,17H,2,4,6,8-10,12H2,1H3,(H,19,20). The summed E-state index contributed by atoms with van der Waals surface area (Å²) in [7, 11) is 0. The van der Waals surface area contributed by atoms with Gasteiger partial charge in [-0.25, -0.2) is 4.79 Å². The van der Waals surface area contributed by atoms with E-state index in [0.717, 1.165) is 19.6 Å². The van der Waals surface area contributed by atoms with Crippen molar-refractivity contribution in [3.63, 3.8) is 0 Å². The SMILES string of the molecule is CCN1CCCC1CNCCOc1cccc(C(=O)O)c1. The maximum atomic E-state index is 10.9. The van der Waals surface area contributed by atoms with Crippen molar-refractivity contribution >= 4 is 5.97 Å². The van der Waals surface area contributed by atoms with Gasteiger partial charge in [-0.2, -0.15) is 0 Å². The molecule has 1 aromatic carbocycles. The molecule has 0 aromatic heterocycles. The maximum Gasteiger partial charge on any atom is 0.335 e. The Morgan fingerprint density at radius 2 is 2.38 bits per heavy atom. The van der Waals surface area contributed by atoms with Gasteiger partial charge in [-0.05, 0) is 44.1 Å². The Labute approximate surface area is 125 Å². The minimum atomic E-state index is -0.931. The number of nitrogens with one attached hydrogen (secondary N) is 1. The van der Waals surface area contributed by atoms with E-state index < -0.39 is 5.97 Å². The molecule has 0 bridgehead atoms. The Kier molecular flexibility index (Phi) is 6.02. The molecule has 0 aliphatic carbocycles. The predicted molar refractivity (Wildman–Crippen MR) is 82.0 cm³/mol. The van der Waals surface area contributed by atoms with Gasteiger partial charge in [0, 0.05) is 19.1 Å². The zero-order valence-electron chi connectivity index (χ0n) is 12.5. The van der Waals surface area contributed by atoms with Crippen LogP contribution in [0, 0.1) is 0 Å². The lowest BCUT2D eigenvalue weighted by molar-refractivity contribution is 0.0696. The molecule has 1 heterocycles. The first-order valence-electron chi connectivity index (χ1n) is 7.61. The van der Waals surface area contributed by atoms with Crippen molar-refractivity contribution in [3.05, 3.63) is 29.8 Å². The molecule has 5 heteroatoms. The van der Waals surface area contributed by atoms with Crippen LogP contribution in [0.1, 0.15) is 30.1 Å². The third-order valence-corrected chi connectivity index (χ3v) is 3.91. The van der Waals surface area contributed by atoms with Gasteiger partial charge in [0.1, 0.15) is 12.4 Å². The van der Waals surface area contributed by atoms with E-state index in [1.54, 1.807) is 24.3 Å². The van der Waals surface area contributed by atoms with Crippen molar-refractivity contribution in [2.45, 2.75) is 25.8 Å². The molecule has 1 aliphatic rings. The Morgan fingerprint density at radius 3 is 3.14 bits per heavy atom. The highest BCUT2D eigenvalue weighted by Gasteiger charge is 2.21. The van der Waals surface area contributed by atoms with E-state index in [1.165, 1.54) is 19.4 Å². The molecule has 5 nitrogen and oxygen atoms in total. The van der Waals surface area contributed by atoms with Crippen molar-refractivity contribution in [2.75, 3.05) is 32.8 Å². The van der Waals surface area contributed by atoms with Gasteiger partial charge in [-0.1, -0.05) is 13.0 Å². The number of likely N-dealkylation sites (N-methyl/N-ethyl adjacent to an activating group) is 1. The molecular weight excluding hydrogens is 268 g/mol. The van der Waals surface area contributed by atoms with Gasteiger partial charge >= 0.3 is 5.97 Å². The topological polar surface area (TPSA) is 61.8 Å². The highest BCUT2D eigenvalue weighted by atomic mass is 16.5. The molecule has 0 saturated carbocycles. The number of hydrogen-bond acceptors (Lipinski definition) is 4. The van der Waals surface area contributed by atoms with Gasteiger partial charge in [0.05, 0.1) is 5.56 Å². The number of nitrogens with zero attached hydrogens (tertiary/aromatic N) is 1. The van der Waals surface area contributed by atoms with Crippen LogP contribution in [0.25, 0.3) is 0 Å². The first kappa shape index (κ1) is 15.8. The van der Waals surface area contributed by atoms with Gasteiger partial charge in [-0.3, -0.25) is 4.90 Å². The van der Waals surface area contributed by atoms with Gasteiger partial charge in [-0.15, -0.1) is 0 Å². The molecule has 1 atom stereocenters. The Morgan fingerprint density at radius 1 is 1.52 bits per heavy atom. The number of carboxylic acid groups (broad SMARTS) is 1. The molecule has 2 rings (SSSR count). The number of rotatable bonds is 8. The molecule has 21 heavy (non-hydrogen) atoms. The van der Waals surface area contributed by atoms with Crippen LogP contribution >= 0.6 is 0 Å². The Balaban J connectivity index is 1.65. The molecule has 1 saturated heterocycles. The summed E-state index contributed by atoms with van der Waals surface area (Å²) in [6.07, 6.45) is 2.56. The summed E-state index contributed by atoms with van der Waals surface area (Å²) in [6, 6.07) is 7.24. The second-order valence-corrected chi connectivity index (χ2v) is 5.31. The number of benzene rings is 1. The van der Waals surface area contributed by atoms with E-state index in [0.29, 0.717) is 18.4 Å². The van der Waals surface area contributed by atoms with Crippen LogP contribution in [0.2, 0.25) is 0 Å². The smallest absolute Gasteiger partial charge is 0.335 e. The van der Waals surface area contributed by atoms with E-state index in [4.69, 9.17) is 9.84 Å². The van der Waals surface area contributed by atoms with E-state index in [2.05, 4.69) is 17.1 Å². The molecule has 1 aliphatic heterocycles. The lowest BCUT2D eigenvalue weighted by atomic mass is 10.2. The molecule has 1 aromatic rings. The van der Waals surface area contributed by atoms with E-state index in [9.17, 15) is 4.79 Å². The average molecular weight is 292 g/mol. The van der Waals surface area contributed by atoms with Crippen LogP contribution in [0.5, 0.6) is 5.75 Å². The molecular formula is C16H24N2O3. The highest BCUT2D eigenvalue weighted by molar-refractivity contribution is 5.87. The monoisotopic (exact) mass is 292 g/mol. The summed E-state index contributed by atoms with van der Waals surface area (Å²) in [6.45, 7) is 6.84. The third kappa shape index (κ3) is 4.72. The average Bonchev–Trinajstić information content (AvgIpc) is 2.94. The number of likely N-dealkylation sites (tertiary alicyclic amines) is 1. The Bertz CT molecular complexity index is 465. The molecule has 0 radical (unpaired) electrons. The van der Waals surface area contributed by atoms with Crippen molar-refractivity contribution in [1.82, 2.24) is 10.2 Å². The maximum absolute atomic E-state index is 10.9. The summed E-state index contributed by atoms with van der Waals surface area (Å²) < 4.78 is 5.58. The zero-order chi connectivity index (χ0) is 15.1. The summed E-state index contributed by atoms with van der Waals surface area (Å²) in [5, 5.41) is 12.3. The molecule has 0 spiro atoms. The van der Waals surface area contributed by atoms with Crippen LogP contribution in [-0.4, -0.2) is 54.8 Å². The van der Waals surface area contributed by atoms with Gasteiger partial charge in [0.2, 0.25) is 0 Å². The van der Waals surface area contributed by atoms with E-state index in [-0.39, 0.29) is 5.56 Å². The van der Waals surface area contributed by atoms with E-state index in [1.807, 2.05) is 0 Å². The molecule has 2 N–H and O–H groups in total. The van der Waals surface area contributed by atoms with Crippen molar-refractivity contribution < 1.29 is 14.6 Å². The second kappa shape index (κ2) is 8.00. The number of aromatic carboxylic acids is 1. The minimum Gasteiger partial charge on any atom is -0.492 e. The van der Waals surface area contributed by atoms with Gasteiger partial charge in [0.15, 0.2) is 0 Å². The summed E-state index contributed by atoms with van der Waals surface area (Å²) in [5.74, 6) is -0.327. The largest absolute Gasteiger partial charge is 0.492 e. The number of ether oxygens (including phenoxy) is 1. The van der Waals surface area contributed by atoms with Crippen molar-refractivity contribution in [1.29, 1.82) is 0 Å². The summed E-state index contributed by atoms with van der Waals surface area (Å²) >= 11 is 0. The first-order chi connectivity index (χ1) is 10.2. The second-order valence-electron chi connectivity index (χ2n) is 5.31. The highest BCUT2D eigenvalue weighted by Crippen LogP contribution is 2.15. The quantitative estimate of drug-likeness (QED) is 0.716. The molecule has 1 fully saturated rings. The number of hydrogen-bond donors (Lipinski definition) is 2. The molecule has 1 unspecified atom stereocenters. The van der Waals surface area contributed by atoms with Crippen molar-refractivity contribution in [3.8, 4) is 5.75 Å². The fourth-order valence-corrected chi connectivity index (χ4v) is 2.77.